The highest BCUT2D eigenvalue weighted by Gasteiger charge is 2.43. The summed E-state index contributed by atoms with van der Waals surface area (Å²) in [5, 5.41) is 0. The predicted molar refractivity (Wildman–Crippen MR) is 93.6 cm³/mol. The summed E-state index contributed by atoms with van der Waals surface area (Å²) in [6.45, 7) is 3.26. The summed E-state index contributed by atoms with van der Waals surface area (Å²) in [7, 11) is -3.38. The number of hydrogen-bond acceptors (Lipinski definition) is 5. The first-order chi connectivity index (χ1) is 12.5. The van der Waals surface area contributed by atoms with Crippen molar-refractivity contribution in [2.45, 2.75) is 24.3 Å². The van der Waals surface area contributed by atoms with Crippen LogP contribution in [0, 0.1) is 11.6 Å². The minimum absolute atomic E-state index is 0.115. The fourth-order valence-electron chi connectivity index (χ4n) is 2.85. The van der Waals surface area contributed by atoms with Crippen LogP contribution in [0.25, 0.3) is 5.57 Å². The molecule has 27 heavy (non-hydrogen) atoms. The Hall–Kier alpha value is -2.74. The molecule has 5 nitrogen and oxygen atoms in total. The number of rotatable bonds is 4. The highest BCUT2D eigenvalue weighted by molar-refractivity contribution is 7.90. The number of esters is 1. The van der Waals surface area contributed by atoms with Crippen LogP contribution in [0.5, 0.6) is 5.75 Å². The fourth-order valence-corrected chi connectivity index (χ4v) is 3.48. The molecule has 8 heteroatoms. The second-order valence-corrected chi connectivity index (χ2v) is 8.62. The van der Waals surface area contributed by atoms with Crippen molar-refractivity contribution in [2.24, 2.45) is 0 Å². The molecule has 1 heterocycles. The van der Waals surface area contributed by atoms with Crippen LogP contribution in [-0.2, 0) is 19.4 Å². The summed E-state index contributed by atoms with van der Waals surface area (Å²) in [6.07, 6.45) is 1.08. The fraction of sp³-hybridized carbons (Fsp3) is 0.211. The number of carbonyl (C=O) groups is 1. The van der Waals surface area contributed by atoms with Crippen LogP contribution in [0.2, 0.25) is 0 Å². The molecule has 0 atom stereocenters. The molecule has 2 aromatic carbocycles. The first-order valence-electron chi connectivity index (χ1n) is 7.90. The number of carbonyl (C=O) groups excluding carboxylic acids is 1. The van der Waals surface area contributed by atoms with Gasteiger partial charge in [0.15, 0.2) is 9.84 Å². The van der Waals surface area contributed by atoms with E-state index in [1.807, 2.05) is 0 Å². The molecule has 0 amide bonds. The second kappa shape index (κ2) is 6.45. The van der Waals surface area contributed by atoms with Gasteiger partial charge in [-0.1, -0.05) is 12.1 Å². The van der Waals surface area contributed by atoms with E-state index >= 15 is 0 Å². The Bertz CT molecular complexity index is 1030. The third-order valence-electron chi connectivity index (χ3n) is 3.99. The van der Waals surface area contributed by atoms with Crippen LogP contribution in [-0.4, -0.2) is 26.2 Å². The summed E-state index contributed by atoms with van der Waals surface area (Å²) in [6, 6.07) is 8.41. The number of benzene rings is 2. The molecule has 1 aliphatic heterocycles. The molecule has 0 spiro atoms. The quantitative estimate of drug-likeness (QED) is 0.743. The van der Waals surface area contributed by atoms with Crippen LogP contribution in [0.3, 0.4) is 0 Å². The number of hydrogen-bond donors (Lipinski definition) is 0. The van der Waals surface area contributed by atoms with Crippen molar-refractivity contribution in [1.29, 1.82) is 0 Å². The van der Waals surface area contributed by atoms with Crippen molar-refractivity contribution >= 4 is 21.4 Å². The van der Waals surface area contributed by atoms with Gasteiger partial charge in [-0.05, 0) is 31.5 Å². The molecule has 0 unspecified atom stereocenters. The van der Waals surface area contributed by atoms with E-state index < -0.39 is 33.0 Å². The molecule has 2 aromatic rings. The van der Waals surface area contributed by atoms with E-state index in [-0.39, 0.29) is 16.4 Å². The topological polar surface area (TPSA) is 69.7 Å². The average Bonchev–Trinajstić information content (AvgIpc) is 2.74. The predicted octanol–water partition coefficient (Wildman–Crippen LogP) is 3.49. The van der Waals surface area contributed by atoms with Gasteiger partial charge in [0.25, 0.3) is 0 Å². The van der Waals surface area contributed by atoms with Crippen molar-refractivity contribution in [1.82, 2.24) is 0 Å². The van der Waals surface area contributed by atoms with Crippen molar-refractivity contribution in [3.8, 4) is 5.75 Å². The van der Waals surface area contributed by atoms with E-state index in [2.05, 4.69) is 0 Å². The van der Waals surface area contributed by atoms with E-state index in [4.69, 9.17) is 9.47 Å². The molecule has 0 saturated heterocycles. The Balaban J connectivity index is 2.10. The third kappa shape index (κ3) is 3.85. The second-order valence-electron chi connectivity index (χ2n) is 6.61. The summed E-state index contributed by atoms with van der Waals surface area (Å²) in [5.74, 6) is -2.89. The Kier molecular flexibility index (Phi) is 4.55. The minimum Gasteiger partial charge on any atom is -0.449 e. The SMILES string of the molecule is CC1(C)OC(=O)C(Oc2cc(F)cc(F)c2)=C1c1ccc(S(C)(=O)=O)cc1. The van der Waals surface area contributed by atoms with E-state index in [9.17, 15) is 22.0 Å². The summed E-state index contributed by atoms with van der Waals surface area (Å²) in [5.41, 5.74) is -0.243. The van der Waals surface area contributed by atoms with Gasteiger partial charge >= 0.3 is 5.97 Å². The standard InChI is InChI=1S/C19H16F2O5S/c1-19(2)16(11-4-6-15(7-5-11)27(3,23)24)17(18(22)26-19)25-14-9-12(20)8-13(21)10-14/h4-10H,1-3H3. The van der Waals surface area contributed by atoms with Gasteiger partial charge in [0, 0.05) is 24.5 Å². The van der Waals surface area contributed by atoms with Crippen molar-refractivity contribution in [3.05, 3.63) is 65.4 Å². The zero-order valence-electron chi connectivity index (χ0n) is 14.7. The molecule has 0 fully saturated rings. The Morgan fingerprint density at radius 3 is 2.07 bits per heavy atom. The molecular formula is C19H16F2O5S. The molecule has 0 saturated carbocycles. The van der Waals surface area contributed by atoms with Crippen LogP contribution < -0.4 is 4.74 Å². The number of halogens is 2. The molecule has 3 rings (SSSR count). The monoisotopic (exact) mass is 394 g/mol. The van der Waals surface area contributed by atoms with E-state index in [1.54, 1.807) is 13.8 Å². The lowest BCUT2D eigenvalue weighted by Crippen LogP contribution is -2.22. The average molecular weight is 394 g/mol. The van der Waals surface area contributed by atoms with E-state index in [0.29, 0.717) is 17.2 Å². The number of sulfone groups is 1. The van der Waals surface area contributed by atoms with Gasteiger partial charge in [0.2, 0.25) is 5.76 Å². The maximum Gasteiger partial charge on any atom is 0.375 e. The molecule has 0 aliphatic carbocycles. The van der Waals surface area contributed by atoms with Crippen LogP contribution in [0.1, 0.15) is 19.4 Å². The van der Waals surface area contributed by atoms with Gasteiger partial charge in [-0.15, -0.1) is 0 Å². The molecule has 0 bridgehead atoms. The minimum atomic E-state index is -3.38. The summed E-state index contributed by atoms with van der Waals surface area (Å²) >= 11 is 0. The molecule has 142 valence electrons. The van der Waals surface area contributed by atoms with Crippen LogP contribution in [0.4, 0.5) is 8.78 Å². The maximum atomic E-state index is 13.4. The summed E-state index contributed by atoms with van der Waals surface area (Å²) < 4.78 is 60.9. The number of ether oxygens (including phenoxy) is 2. The van der Waals surface area contributed by atoms with E-state index in [0.717, 1.165) is 18.4 Å². The van der Waals surface area contributed by atoms with Crippen molar-refractivity contribution in [2.75, 3.05) is 6.26 Å². The highest BCUT2D eigenvalue weighted by Crippen LogP contribution is 2.40. The molecule has 0 aromatic heterocycles. The highest BCUT2D eigenvalue weighted by atomic mass is 32.2. The van der Waals surface area contributed by atoms with Gasteiger partial charge < -0.3 is 9.47 Å². The molecule has 1 aliphatic rings. The molecule has 0 N–H and O–H groups in total. The van der Waals surface area contributed by atoms with Gasteiger partial charge in [0.05, 0.1) is 10.5 Å². The summed E-state index contributed by atoms with van der Waals surface area (Å²) in [4.78, 5) is 12.4. The zero-order valence-corrected chi connectivity index (χ0v) is 15.6. The lowest BCUT2D eigenvalue weighted by atomic mass is 9.92. The number of cyclic esters (lactones) is 1. The van der Waals surface area contributed by atoms with Crippen molar-refractivity contribution < 1.29 is 31.5 Å². The molecule has 0 radical (unpaired) electrons. The maximum absolute atomic E-state index is 13.4. The normalized spacial score (nSPS) is 16.4. The van der Waals surface area contributed by atoms with Crippen molar-refractivity contribution in [3.63, 3.8) is 0 Å². The van der Waals surface area contributed by atoms with E-state index in [1.165, 1.54) is 24.3 Å². The lowest BCUT2D eigenvalue weighted by Gasteiger charge is -2.21. The molecular weight excluding hydrogens is 378 g/mol. The van der Waals surface area contributed by atoms with Gasteiger partial charge in [-0.25, -0.2) is 22.0 Å². The van der Waals surface area contributed by atoms with Gasteiger partial charge in [-0.2, -0.15) is 0 Å². The Labute approximate surface area is 155 Å². The van der Waals surface area contributed by atoms with Gasteiger partial charge in [0.1, 0.15) is 23.0 Å². The smallest absolute Gasteiger partial charge is 0.375 e. The van der Waals surface area contributed by atoms with Crippen LogP contribution in [0.15, 0.2) is 53.1 Å². The largest absolute Gasteiger partial charge is 0.449 e. The first kappa shape index (κ1) is 19.0. The zero-order chi connectivity index (χ0) is 20.0. The van der Waals surface area contributed by atoms with Crippen LogP contribution >= 0.6 is 0 Å². The lowest BCUT2D eigenvalue weighted by molar-refractivity contribution is -0.145. The first-order valence-corrected chi connectivity index (χ1v) is 9.79. The van der Waals surface area contributed by atoms with Gasteiger partial charge in [-0.3, -0.25) is 0 Å². The third-order valence-corrected chi connectivity index (χ3v) is 5.12. The Morgan fingerprint density at radius 1 is 1.00 bits per heavy atom. The Morgan fingerprint density at radius 2 is 1.56 bits per heavy atom.